The molecule has 8 heterocycles. The molecule has 0 saturated carbocycles. The van der Waals surface area contributed by atoms with Crippen LogP contribution in [0.15, 0.2) is 55.0 Å². The number of piperidine rings is 3. The molecule has 3 aliphatic rings. The molecule has 0 aliphatic carbocycles. The van der Waals surface area contributed by atoms with Gasteiger partial charge in [0.05, 0.1) is 40.1 Å². The van der Waals surface area contributed by atoms with Gasteiger partial charge >= 0.3 is 0 Å². The van der Waals surface area contributed by atoms with Gasteiger partial charge in [0.15, 0.2) is 5.01 Å². The van der Waals surface area contributed by atoms with E-state index in [1.165, 1.54) is 0 Å². The minimum atomic E-state index is -0.299. The molecule has 5 aromatic rings. The van der Waals surface area contributed by atoms with E-state index in [0.29, 0.717) is 30.2 Å². The normalized spacial score (nSPS) is 19.3. The predicted octanol–water partition coefficient (Wildman–Crippen LogP) is 4.84. The molecule has 2 N–H and O–H groups in total. The standard InChI is InChI=1S/C37H39N11O2S/c1-39-30-17-31(32-5-3-27-16-24(18-38)19-42-48(27)32)40-21-29(30)37-45-44-36(51-37)25-10-12-46(13-11-25)22-23-8-14-47(15-9-23)33-6-2-26(20-41-33)28-4-7-34(49)43-35(28)50/h2-3,5-6,16-17,19-21,23,25,28H,4,7-15,22H2,1H3,(H,39,40)(H,43,49,50)/t28-/m0/s1. The van der Waals surface area contributed by atoms with Crippen molar-refractivity contribution in [2.24, 2.45) is 5.92 Å². The first kappa shape index (κ1) is 32.9. The number of anilines is 2. The first-order valence-corrected chi connectivity index (χ1v) is 18.4. The molecule has 8 rings (SSSR count). The molecule has 1 atom stereocenters. The maximum absolute atomic E-state index is 12.2. The van der Waals surface area contributed by atoms with Gasteiger partial charge in [-0.05, 0) is 87.0 Å². The lowest BCUT2D eigenvalue weighted by atomic mass is 9.91. The Morgan fingerprint density at radius 3 is 2.55 bits per heavy atom. The van der Waals surface area contributed by atoms with E-state index in [1.54, 1.807) is 28.2 Å². The van der Waals surface area contributed by atoms with Crippen LogP contribution in [0.3, 0.4) is 0 Å². The summed E-state index contributed by atoms with van der Waals surface area (Å²) in [6, 6.07) is 13.9. The van der Waals surface area contributed by atoms with Gasteiger partial charge in [-0.2, -0.15) is 10.4 Å². The molecule has 5 aromatic heterocycles. The largest absolute Gasteiger partial charge is 0.387 e. The molecule has 0 aromatic carbocycles. The Morgan fingerprint density at radius 1 is 0.961 bits per heavy atom. The number of pyridine rings is 2. The lowest BCUT2D eigenvalue weighted by Gasteiger charge is -2.37. The molecule has 51 heavy (non-hydrogen) atoms. The average Bonchev–Trinajstić information content (AvgIpc) is 3.83. The van der Waals surface area contributed by atoms with Crippen LogP contribution >= 0.6 is 11.3 Å². The zero-order chi connectivity index (χ0) is 34.9. The Balaban J connectivity index is 0.834. The van der Waals surface area contributed by atoms with Crippen molar-refractivity contribution in [1.29, 1.82) is 5.26 Å². The van der Waals surface area contributed by atoms with Gasteiger partial charge in [-0.3, -0.25) is 19.9 Å². The van der Waals surface area contributed by atoms with Crippen LogP contribution < -0.4 is 15.5 Å². The molecule has 13 nitrogen and oxygen atoms in total. The third-order valence-corrected chi connectivity index (χ3v) is 11.7. The van der Waals surface area contributed by atoms with Crippen molar-refractivity contribution in [3.05, 3.63) is 71.1 Å². The molecule has 3 fully saturated rings. The van der Waals surface area contributed by atoms with Crippen molar-refractivity contribution in [1.82, 2.24) is 40.0 Å². The quantitative estimate of drug-likeness (QED) is 0.213. The Kier molecular flexibility index (Phi) is 9.14. The molecule has 3 saturated heterocycles. The Hall–Kier alpha value is -5.26. The Bertz CT molecular complexity index is 2100. The summed E-state index contributed by atoms with van der Waals surface area (Å²) < 4.78 is 1.80. The SMILES string of the molecule is CNc1cc(-c2ccc3cc(C#N)cnn23)ncc1-c1nnc(C2CCN(CC3CCN(c4ccc([C@@H]5CCC(=O)NC5=O)cn4)CC3)CC2)s1. The highest BCUT2D eigenvalue weighted by atomic mass is 32.1. The third kappa shape index (κ3) is 6.79. The fraction of sp³-hybridized carbons (Fsp3) is 0.405. The van der Waals surface area contributed by atoms with E-state index in [1.807, 2.05) is 49.6 Å². The van der Waals surface area contributed by atoms with E-state index in [-0.39, 0.29) is 17.7 Å². The fourth-order valence-electron chi connectivity index (χ4n) is 7.61. The highest BCUT2D eigenvalue weighted by Crippen LogP contribution is 2.37. The zero-order valence-corrected chi connectivity index (χ0v) is 29.3. The summed E-state index contributed by atoms with van der Waals surface area (Å²) in [5, 5.41) is 30.6. The fourth-order valence-corrected chi connectivity index (χ4v) is 8.65. The van der Waals surface area contributed by atoms with Crippen LogP contribution in [0.2, 0.25) is 0 Å². The van der Waals surface area contributed by atoms with Crippen LogP contribution in [-0.2, 0) is 9.59 Å². The molecule has 0 bridgehead atoms. The number of nitrogens with one attached hydrogen (secondary N) is 2. The highest BCUT2D eigenvalue weighted by Gasteiger charge is 2.30. The minimum Gasteiger partial charge on any atom is -0.387 e. The van der Waals surface area contributed by atoms with Crippen molar-refractivity contribution in [2.45, 2.75) is 50.4 Å². The minimum absolute atomic E-state index is 0.195. The maximum atomic E-state index is 12.2. The number of carbonyl (C=O) groups is 2. The number of nitrogens with zero attached hydrogens (tertiary/aromatic N) is 9. The molecule has 3 aliphatic heterocycles. The molecular weight excluding hydrogens is 663 g/mol. The number of hydrogen-bond acceptors (Lipinski definition) is 12. The highest BCUT2D eigenvalue weighted by molar-refractivity contribution is 7.14. The molecule has 0 unspecified atom stereocenters. The Morgan fingerprint density at radius 2 is 1.80 bits per heavy atom. The number of aromatic nitrogens is 6. The van der Waals surface area contributed by atoms with Crippen molar-refractivity contribution in [3.63, 3.8) is 0 Å². The van der Waals surface area contributed by atoms with Crippen molar-refractivity contribution >= 4 is 40.2 Å². The van der Waals surface area contributed by atoms with Crippen LogP contribution in [-0.4, -0.2) is 86.3 Å². The van der Waals surface area contributed by atoms with Gasteiger partial charge in [-0.25, -0.2) is 9.50 Å². The lowest BCUT2D eigenvalue weighted by molar-refractivity contribution is -0.134. The van der Waals surface area contributed by atoms with Crippen molar-refractivity contribution < 1.29 is 9.59 Å². The number of hydrogen-bond donors (Lipinski definition) is 2. The van der Waals surface area contributed by atoms with Gasteiger partial charge in [0, 0.05) is 57.1 Å². The van der Waals surface area contributed by atoms with Crippen molar-refractivity contribution in [3.8, 4) is 28.0 Å². The number of likely N-dealkylation sites (tertiary alicyclic amines) is 1. The third-order valence-electron chi connectivity index (χ3n) is 10.5. The van der Waals surface area contributed by atoms with Gasteiger partial charge in [-0.1, -0.05) is 17.4 Å². The van der Waals surface area contributed by atoms with E-state index in [4.69, 9.17) is 9.97 Å². The molecule has 0 radical (unpaired) electrons. The summed E-state index contributed by atoms with van der Waals surface area (Å²) in [6.45, 7) is 5.21. The van der Waals surface area contributed by atoms with Crippen LogP contribution in [0.4, 0.5) is 11.5 Å². The van der Waals surface area contributed by atoms with E-state index >= 15 is 0 Å². The monoisotopic (exact) mass is 701 g/mol. The predicted molar refractivity (Wildman–Crippen MR) is 194 cm³/mol. The van der Waals surface area contributed by atoms with E-state index in [2.05, 4.69) is 41.8 Å². The van der Waals surface area contributed by atoms with Crippen LogP contribution in [0.1, 0.15) is 66.5 Å². The van der Waals surface area contributed by atoms with Gasteiger partial charge in [-0.15, -0.1) is 10.2 Å². The average molecular weight is 702 g/mol. The second-order valence-electron chi connectivity index (χ2n) is 13.7. The summed E-state index contributed by atoms with van der Waals surface area (Å²) in [7, 11) is 1.90. The molecule has 14 heteroatoms. The van der Waals surface area contributed by atoms with Crippen LogP contribution in [0.5, 0.6) is 0 Å². The van der Waals surface area contributed by atoms with Crippen LogP contribution in [0.25, 0.3) is 27.5 Å². The molecule has 2 amide bonds. The Labute approximate surface area is 299 Å². The van der Waals surface area contributed by atoms with E-state index < -0.39 is 0 Å². The summed E-state index contributed by atoms with van der Waals surface area (Å²) in [5.74, 6) is 1.31. The summed E-state index contributed by atoms with van der Waals surface area (Å²) in [6.07, 6.45) is 10.6. The number of fused-ring (bicyclic) bond motifs is 1. The topological polar surface area (TPSA) is 157 Å². The van der Waals surface area contributed by atoms with Gasteiger partial charge < -0.3 is 15.1 Å². The van der Waals surface area contributed by atoms with Crippen molar-refractivity contribution in [2.75, 3.05) is 50.0 Å². The molecular formula is C37H39N11O2S. The smallest absolute Gasteiger partial charge is 0.234 e. The van der Waals surface area contributed by atoms with Gasteiger partial charge in [0.1, 0.15) is 16.9 Å². The maximum Gasteiger partial charge on any atom is 0.234 e. The second-order valence-corrected chi connectivity index (χ2v) is 14.7. The van der Waals surface area contributed by atoms with E-state index in [0.717, 1.165) is 108 Å². The van der Waals surface area contributed by atoms with Gasteiger partial charge in [0.2, 0.25) is 11.8 Å². The first-order valence-electron chi connectivity index (χ1n) is 17.6. The number of imide groups is 1. The van der Waals surface area contributed by atoms with Crippen LogP contribution in [0, 0.1) is 17.2 Å². The number of amides is 2. The second kappa shape index (κ2) is 14.2. The number of nitriles is 1. The number of carbonyl (C=O) groups excluding carboxylic acids is 2. The first-order chi connectivity index (χ1) is 24.9. The molecule has 0 spiro atoms. The molecule has 260 valence electrons. The summed E-state index contributed by atoms with van der Waals surface area (Å²) in [5.41, 5.74) is 5.72. The number of rotatable bonds is 8. The lowest BCUT2D eigenvalue weighted by Crippen LogP contribution is -2.41. The summed E-state index contributed by atoms with van der Waals surface area (Å²) >= 11 is 1.66. The van der Waals surface area contributed by atoms with Gasteiger partial charge in [0.25, 0.3) is 0 Å². The van der Waals surface area contributed by atoms with E-state index in [9.17, 15) is 14.9 Å². The summed E-state index contributed by atoms with van der Waals surface area (Å²) in [4.78, 5) is 38.2. The zero-order valence-electron chi connectivity index (χ0n) is 28.5.